The standard InChI is InChI=1S/C27H29ClN2O2/c1-32-25-9-3-6-21(17-25)15-22-10-12-26(29-18-22)23-7-4-14-30(19-23)27(31)13-11-20-5-2-8-24(28)16-20/h2-3,5-6,8-10,12,16-18,23H,4,7,11,13-15,19H2,1H3/t23-/m0/s1. The van der Waals surface area contributed by atoms with E-state index in [0.29, 0.717) is 17.4 Å². The number of halogens is 1. The first-order valence-corrected chi connectivity index (χ1v) is 11.6. The van der Waals surface area contributed by atoms with Crippen LogP contribution in [-0.4, -0.2) is 36.0 Å². The number of ether oxygens (including phenoxy) is 1. The number of nitrogens with zero attached hydrogens (tertiary/aromatic N) is 2. The summed E-state index contributed by atoms with van der Waals surface area (Å²) in [6.07, 6.45) is 6.11. The van der Waals surface area contributed by atoms with E-state index in [0.717, 1.165) is 55.8 Å². The van der Waals surface area contributed by atoms with Crippen molar-refractivity contribution in [2.45, 2.75) is 38.0 Å². The van der Waals surface area contributed by atoms with Gasteiger partial charge in [-0.05, 0) is 72.7 Å². The number of carbonyl (C=O) groups is 1. The summed E-state index contributed by atoms with van der Waals surface area (Å²) in [5, 5.41) is 0.717. The molecule has 0 radical (unpaired) electrons. The second kappa shape index (κ2) is 10.6. The average Bonchev–Trinajstić information content (AvgIpc) is 2.83. The molecule has 1 aromatic heterocycles. The second-order valence-corrected chi connectivity index (χ2v) is 8.86. The molecule has 0 N–H and O–H groups in total. The predicted octanol–water partition coefficient (Wildman–Crippen LogP) is 5.67. The Labute approximate surface area is 195 Å². The van der Waals surface area contributed by atoms with Crippen LogP contribution in [0.3, 0.4) is 0 Å². The zero-order valence-electron chi connectivity index (χ0n) is 18.5. The number of carbonyl (C=O) groups excluding carboxylic acids is 1. The number of benzene rings is 2. The van der Waals surface area contributed by atoms with Crippen molar-refractivity contribution in [2.75, 3.05) is 20.2 Å². The molecule has 4 nitrogen and oxygen atoms in total. The zero-order chi connectivity index (χ0) is 22.3. The Morgan fingerprint density at radius 1 is 1.09 bits per heavy atom. The molecule has 0 unspecified atom stereocenters. The number of likely N-dealkylation sites (tertiary alicyclic amines) is 1. The highest BCUT2D eigenvalue weighted by atomic mass is 35.5. The third kappa shape index (κ3) is 5.89. The molecule has 1 aliphatic heterocycles. The summed E-state index contributed by atoms with van der Waals surface area (Å²) >= 11 is 6.06. The number of pyridine rings is 1. The molecular formula is C27H29ClN2O2. The quantitative estimate of drug-likeness (QED) is 0.467. The minimum atomic E-state index is 0.212. The maximum Gasteiger partial charge on any atom is 0.222 e. The first-order chi connectivity index (χ1) is 15.6. The van der Waals surface area contributed by atoms with Gasteiger partial charge in [-0.3, -0.25) is 9.78 Å². The third-order valence-electron chi connectivity index (χ3n) is 6.10. The maximum absolute atomic E-state index is 12.8. The van der Waals surface area contributed by atoms with Gasteiger partial charge in [0, 0.05) is 42.3 Å². The van der Waals surface area contributed by atoms with Crippen molar-refractivity contribution in [1.29, 1.82) is 0 Å². The number of aryl methyl sites for hydroxylation is 1. The number of methoxy groups -OCH3 is 1. The summed E-state index contributed by atoms with van der Waals surface area (Å²) < 4.78 is 5.31. The SMILES string of the molecule is COc1cccc(Cc2ccc([C@H]3CCCN(C(=O)CCc4cccc(Cl)c4)C3)nc2)c1. The van der Waals surface area contributed by atoms with Gasteiger partial charge in [-0.25, -0.2) is 0 Å². The van der Waals surface area contributed by atoms with Crippen molar-refractivity contribution in [3.05, 3.63) is 94.3 Å². The monoisotopic (exact) mass is 448 g/mol. The number of amides is 1. The van der Waals surface area contributed by atoms with Crippen LogP contribution in [0.2, 0.25) is 5.02 Å². The number of hydrogen-bond donors (Lipinski definition) is 0. The lowest BCUT2D eigenvalue weighted by atomic mass is 9.93. The first-order valence-electron chi connectivity index (χ1n) is 11.2. The molecule has 0 aliphatic carbocycles. The second-order valence-electron chi connectivity index (χ2n) is 8.43. The van der Waals surface area contributed by atoms with E-state index in [1.807, 2.05) is 47.5 Å². The van der Waals surface area contributed by atoms with Crippen molar-refractivity contribution in [1.82, 2.24) is 9.88 Å². The van der Waals surface area contributed by atoms with Crippen LogP contribution in [-0.2, 0) is 17.6 Å². The molecule has 5 heteroatoms. The molecule has 2 heterocycles. The Morgan fingerprint density at radius 2 is 1.94 bits per heavy atom. The van der Waals surface area contributed by atoms with Crippen LogP contribution in [0, 0.1) is 0 Å². The highest BCUT2D eigenvalue weighted by Crippen LogP contribution is 2.27. The Morgan fingerprint density at radius 3 is 2.72 bits per heavy atom. The molecule has 4 rings (SSSR count). The van der Waals surface area contributed by atoms with Crippen molar-refractivity contribution in [2.24, 2.45) is 0 Å². The zero-order valence-corrected chi connectivity index (χ0v) is 19.2. The molecule has 1 atom stereocenters. The fourth-order valence-corrected chi connectivity index (χ4v) is 4.56. The van der Waals surface area contributed by atoms with Gasteiger partial charge in [0.25, 0.3) is 0 Å². The van der Waals surface area contributed by atoms with E-state index in [4.69, 9.17) is 21.3 Å². The van der Waals surface area contributed by atoms with Gasteiger partial charge in [-0.1, -0.05) is 41.9 Å². The Kier molecular flexibility index (Phi) is 7.43. The van der Waals surface area contributed by atoms with Gasteiger partial charge in [-0.15, -0.1) is 0 Å². The number of hydrogen-bond acceptors (Lipinski definition) is 3. The van der Waals surface area contributed by atoms with E-state index in [-0.39, 0.29) is 5.91 Å². The predicted molar refractivity (Wildman–Crippen MR) is 128 cm³/mol. The van der Waals surface area contributed by atoms with E-state index in [9.17, 15) is 4.79 Å². The van der Waals surface area contributed by atoms with Crippen LogP contribution in [0.5, 0.6) is 5.75 Å². The molecule has 0 spiro atoms. The number of rotatable bonds is 7. The fourth-order valence-electron chi connectivity index (χ4n) is 4.35. The number of aromatic nitrogens is 1. The van der Waals surface area contributed by atoms with Crippen molar-refractivity contribution >= 4 is 17.5 Å². The van der Waals surface area contributed by atoms with Gasteiger partial charge < -0.3 is 9.64 Å². The molecule has 0 saturated carbocycles. The van der Waals surface area contributed by atoms with Crippen molar-refractivity contribution < 1.29 is 9.53 Å². The molecule has 3 aromatic rings. The first kappa shape index (κ1) is 22.3. The minimum Gasteiger partial charge on any atom is -0.497 e. The van der Waals surface area contributed by atoms with Crippen LogP contribution >= 0.6 is 11.6 Å². The molecule has 1 fully saturated rings. The normalized spacial score (nSPS) is 16.1. The summed E-state index contributed by atoms with van der Waals surface area (Å²) in [6.45, 7) is 1.58. The minimum absolute atomic E-state index is 0.212. The lowest BCUT2D eigenvalue weighted by Crippen LogP contribution is -2.39. The molecule has 166 valence electrons. The van der Waals surface area contributed by atoms with Crippen LogP contribution in [0.25, 0.3) is 0 Å². The highest BCUT2D eigenvalue weighted by molar-refractivity contribution is 6.30. The van der Waals surface area contributed by atoms with E-state index >= 15 is 0 Å². The largest absolute Gasteiger partial charge is 0.497 e. The van der Waals surface area contributed by atoms with Gasteiger partial charge in [0.05, 0.1) is 7.11 Å². The van der Waals surface area contributed by atoms with Crippen LogP contribution in [0.1, 0.15) is 47.6 Å². The molecular weight excluding hydrogens is 420 g/mol. The summed E-state index contributed by atoms with van der Waals surface area (Å²) in [5.74, 6) is 1.38. The van der Waals surface area contributed by atoms with E-state index < -0.39 is 0 Å². The third-order valence-corrected chi connectivity index (χ3v) is 6.33. The summed E-state index contributed by atoms with van der Waals surface area (Å²) in [4.78, 5) is 19.6. The van der Waals surface area contributed by atoms with Crippen LogP contribution < -0.4 is 4.74 Å². The molecule has 1 amide bonds. The van der Waals surface area contributed by atoms with Crippen LogP contribution in [0.15, 0.2) is 66.9 Å². The molecule has 1 aliphatic rings. The summed E-state index contributed by atoms with van der Waals surface area (Å²) in [6, 6.07) is 20.2. The lowest BCUT2D eigenvalue weighted by Gasteiger charge is -2.32. The molecule has 1 saturated heterocycles. The highest BCUT2D eigenvalue weighted by Gasteiger charge is 2.25. The lowest BCUT2D eigenvalue weighted by molar-refractivity contribution is -0.132. The molecule has 32 heavy (non-hydrogen) atoms. The Bertz CT molecular complexity index is 1050. The average molecular weight is 449 g/mol. The molecule has 0 bridgehead atoms. The van der Waals surface area contributed by atoms with Gasteiger partial charge in [0.15, 0.2) is 0 Å². The van der Waals surface area contributed by atoms with Crippen molar-refractivity contribution in [3.63, 3.8) is 0 Å². The van der Waals surface area contributed by atoms with E-state index in [1.165, 1.54) is 11.1 Å². The van der Waals surface area contributed by atoms with Gasteiger partial charge >= 0.3 is 0 Å². The topological polar surface area (TPSA) is 42.4 Å². The van der Waals surface area contributed by atoms with Gasteiger partial charge in [0.1, 0.15) is 5.75 Å². The van der Waals surface area contributed by atoms with Gasteiger partial charge in [-0.2, -0.15) is 0 Å². The van der Waals surface area contributed by atoms with Gasteiger partial charge in [0.2, 0.25) is 5.91 Å². The summed E-state index contributed by atoms with van der Waals surface area (Å²) in [7, 11) is 1.69. The van der Waals surface area contributed by atoms with Crippen molar-refractivity contribution in [3.8, 4) is 5.75 Å². The van der Waals surface area contributed by atoms with E-state index in [1.54, 1.807) is 7.11 Å². The van der Waals surface area contributed by atoms with E-state index in [2.05, 4.69) is 24.3 Å². The Balaban J connectivity index is 1.33. The number of piperidine rings is 1. The fraction of sp³-hybridized carbons (Fsp3) is 0.333. The summed E-state index contributed by atoms with van der Waals surface area (Å²) in [5.41, 5.74) is 4.56. The maximum atomic E-state index is 12.8. The smallest absolute Gasteiger partial charge is 0.222 e. The molecule has 2 aromatic carbocycles. The van der Waals surface area contributed by atoms with Crippen LogP contribution in [0.4, 0.5) is 0 Å². The Hall–Kier alpha value is -2.85.